The van der Waals surface area contributed by atoms with Crippen molar-refractivity contribution in [3.63, 3.8) is 0 Å². The van der Waals surface area contributed by atoms with Crippen LogP contribution in [-0.4, -0.2) is 94.1 Å². The summed E-state index contributed by atoms with van der Waals surface area (Å²) in [6.45, 7) is 3.04. The Morgan fingerprint density at radius 1 is 0.787 bits per heavy atom. The summed E-state index contributed by atoms with van der Waals surface area (Å²) in [7, 11) is 1.30. The molecule has 2 fully saturated rings. The Balaban J connectivity index is 1.39. The topological polar surface area (TPSA) is 208 Å². The van der Waals surface area contributed by atoms with Crippen molar-refractivity contribution in [2.24, 2.45) is 0 Å². The molecule has 0 bridgehead atoms. The fourth-order valence-electron chi connectivity index (χ4n) is 6.50. The molecule has 14 heteroatoms. The van der Waals surface area contributed by atoms with E-state index in [9.17, 15) is 35.1 Å². The minimum Gasteiger partial charge on any atom is -0.506 e. The van der Waals surface area contributed by atoms with Crippen molar-refractivity contribution in [1.29, 1.82) is 0 Å². The normalized spacial score (nSPS) is 31.5. The molecule has 3 aromatic carbocycles. The Hall–Kier alpha value is -4.30. The van der Waals surface area contributed by atoms with Gasteiger partial charge in [-0.3, -0.25) is 0 Å². The average molecular weight is 651 g/mol. The lowest BCUT2D eigenvalue weighted by molar-refractivity contribution is -0.353. The molecular weight excluding hydrogens is 620 g/mol. The maximum absolute atomic E-state index is 13.3. The molecule has 2 aromatic heterocycles. The van der Waals surface area contributed by atoms with Gasteiger partial charge in [0.25, 0.3) is 0 Å². The number of methoxy groups -OCH3 is 1. The number of rotatable bonds is 5. The van der Waals surface area contributed by atoms with E-state index in [1.165, 1.54) is 44.4 Å². The van der Waals surface area contributed by atoms with Crippen molar-refractivity contribution in [2.75, 3.05) is 7.11 Å². The monoisotopic (exact) mass is 650 g/mol. The molecule has 2 aliphatic heterocycles. The third-order valence-corrected chi connectivity index (χ3v) is 8.94. The third kappa shape index (κ3) is 4.74. The van der Waals surface area contributed by atoms with Crippen LogP contribution in [0.1, 0.15) is 19.4 Å². The second kappa shape index (κ2) is 11.4. The summed E-state index contributed by atoms with van der Waals surface area (Å²) >= 11 is 0. The maximum Gasteiger partial charge on any atom is 0.348 e. The van der Waals surface area contributed by atoms with Gasteiger partial charge in [-0.25, -0.2) is 9.59 Å². The van der Waals surface area contributed by atoms with Crippen LogP contribution in [0.5, 0.6) is 11.5 Å². The van der Waals surface area contributed by atoms with Crippen LogP contribution in [0.4, 0.5) is 0 Å². The van der Waals surface area contributed by atoms with E-state index in [0.29, 0.717) is 0 Å². The number of fused-ring (bicyclic) bond motifs is 2. The van der Waals surface area contributed by atoms with Gasteiger partial charge in [0.15, 0.2) is 18.0 Å². The number of benzene rings is 3. The minimum absolute atomic E-state index is 0.0118. The summed E-state index contributed by atoms with van der Waals surface area (Å²) in [6, 6.07) is 7.29. The highest BCUT2D eigenvalue weighted by molar-refractivity contribution is 6.28. The predicted molar refractivity (Wildman–Crippen MR) is 163 cm³/mol. The summed E-state index contributed by atoms with van der Waals surface area (Å²) in [4.78, 5) is 26.5. The van der Waals surface area contributed by atoms with Crippen LogP contribution in [-0.2, 0) is 18.9 Å². The SMILES string of the molecule is C#Cc1cc2oc(=O)c3c(O)c4cccc(O[C@@H]5OC(C)[C@H](O)[C@H](O)C5O[C@H]5OC(C)[C@H](O)C(OC)[C@H]5O)c4c4oc(=O)c(c1)c2c34. The molecule has 246 valence electrons. The van der Waals surface area contributed by atoms with E-state index in [1.807, 2.05) is 0 Å². The van der Waals surface area contributed by atoms with Gasteiger partial charge in [-0.1, -0.05) is 18.1 Å². The molecule has 14 nitrogen and oxygen atoms in total. The van der Waals surface area contributed by atoms with Crippen molar-refractivity contribution in [2.45, 2.75) is 75.3 Å². The van der Waals surface area contributed by atoms with Gasteiger partial charge in [0, 0.05) is 28.8 Å². The van der Waals surface area contributed by atoms with E-state index in [0.717, 1.165) is 0 Å². The molecular formula is C33H30O14. The van der Waals surface area contributed by atoms with Gasteiger partial charge in [0.1, 0.15) is 53.0 Å². The Kier molecular flexibility index (Phi) is 7.62. The van der Waals surface area contributed by atoms with Crippen LogP contribution in [0, 0.1) is 12.3 Å². The molecule has 0 spiro atoms. The zero-order valence-corrected chi connectivity index (χ0v) is 25.1. The lowest BCUT2D eigenvalue weighted by atomic mass is 9.96. The van der Waals surface area contributed by atoms with Gasteiger partial charge in [-0.15, -0.1) is 6.42 Å². The Morgan fingerprint density at radius 2 is 1.51 bits per heavy atom. The van der Waals surface area contributed by atoms with Crippen molar-refractivity contribution in [3.05, 3.63) is 56.7 Å². The molecule has 47 heavy (non-hydrogen) atoms. The fourth-order valence-corrected chi connectivity index (χ4v) is 6.50. The summed E-state index contributed by atoms with van der Waals surface area (Å²) in [5.74, 6) is 1.92. The number of ether oxygens (including phenoxy) is 5. The van der Waals surface area contributed by atoms with Crippen LogP contribution < -0.4 is 16.0 Å². The predicted octanol–water partition coefficient (Wildman–Crippen LogP) is 1.04. The van der Waals surface area contributed by atoms with Crippen LogP contribution in [0.2, 0.25) is 0 Å². The van der Waals surface area contributed by atoms with E-state index in [2.05, 4.69) is 5.92 Å². The highest BCUT2D eigenvalue weighted by atomic mass is 16.8. The lowest BCUT2D eigenvalue weighted by Gasteiger charge is -2.46. The number of aromatic hydroxyl groups is 1. The second-order valence-corrected chi connectivity index (χ2v) is 11.7. The summed E-state index contributed by atoms with van der Waals surface area (Å²) in [5.41, 5.74) is -1.52. The molecule has 2 saturated heterocycles. The molecule has 0 aliphatic carbocycles. The lowest BCUT2D eigenvalue weighted by Crippen LogP contribution is -2.64. The van der Waals surface area contributed by atoms with Crippen molar-refractivity contribution in [3.8, 4) is 23.8 Å². The van der Waals surface area contributed by atoms with Crippen LogP contribution >= 0.6 is 0 Å². The van der Waals surface area contributed by atoms with Crippen molar-refractivity contribution in [1.82, 2.24) is 0 Å². The number of terminal acetylenes is 1. The largest absolute Gasteiger partial charge is 0.506 e. The first-order valence-corrected chi connectivity index (χ1v) is 14.7. The number of hydrogen-bond donors (Lipinski definition) is 5. The van der Waals surface area contributed by atoms with Crippen LogP contribution in [0.25, 0.3) is 43.5 Å². The van der Waals surface area contributed by atoms with Gasteiger partial charge >= 0.3 is 11.3 Å². The molecule has 0 radical (unpaired) electrons. The van der Waals surface area contributed by atoms with E-state index in [-0.39, 0.29) is 54.8 Å². The first kappa shape index (κ1) is 31.3. The molecule has 5 N–H and O–H groups in total. The van der Waals surface area contributed by atoms with Gasteiger partial charge < -0.3 is 58.1 Å². The maximum atomic E-state index is 13.3. The highest BCUT2D eigenvalue weighted by Gasteiger charge is 2.50. The average Bonchev–Trinajstić information content (AvgIpc) is 3.05. The van der Waals surface area contributed by atoms with Crippen LogP contribution in [0.15, 0.2) is 48.8 Å². The van der Waals surface area contributed by atoms with Crippen LogP contribution in [0.3, 0.4) is 0 Å². The fraction of sp³-hybridized carbons (Fsp3) is 0.394. The highest BCUT2D eigenvalue weighted by Crippen LogP contribution is 2.45. The first-order valence-electron chi connectivity index (χ1n) is 14.7. The van der Waals surface area contributed by atoms with Gasteiger partial charge in [0.05, 0.1) is 23.0 Å². The van der Waals surface area contributed by atoms with Crippen molar-refractivity contribution < 1.29 is 58.1 Å². The van der Waals surface area contributed by atoms with Gasteiger partial charge in [-0.05, 0) is 32.0 Å². The molecule has 10 atom stereocenters. The number of aliphatic hydroxyl groups excluding tert-OH is 4. The molecule has 7 rings (SSSR count). The summed E-state index contributed by atoms with van der Waals surface area (Å²) in [5, 5.41) is 54.7. The van der Waals surface area contributed by atoms with Gasteiger partial charge in [-0.2, -0.15) is 0 Å². The number of phenols is 1. The smallest absolute Gasteiger partial charge is 0.348 e. The van der Waals surface area contributed by atoms with E-state index in [4.69, 9.17) is 38.9 Å². The second-order valence-electron chi connectivity index (χ2n) is 11.7. The third-order valence-electron chi connectivity index (χ3n) is 8.94. The quantitative estimate of drug-likeness (QED) is 0.0780. The zero-order chi connectivity index (χ0) is 33.5. The Bertz CT molecular complexity index is 2160. The molecule has 0 amide bonds. The number of phenolic OH excluding ortho intramolecular Hbond substituents is 1. The number of aliphatic hydroxyl groups is 4. The molecule has 4 heterocycles. The minimum atomic E-state index is -1.62. The molecule has 5 aromatic rings. The standard InChI is InChI=1S/C33H30O14/c1-5-13-9-15-18-17(10-13)44-31(40)21-20(18)27(46-30(15)39)19-14(24(21)36)7-6-8-16(19)45-33-29(25(37)22(34)11(2)43-33)47-32-26(38)28(41-4)23(35)12(3)42-32/h1,6-12,22-23,25-26,28-29,32-38H,2-4H3/t11?,12?,22-,23-,25-,26+,28?,29?,32+,33-/m0/s1. The molecule has 4 unspecified atom stereocenters. The number of hydrogen-bond acceptors (Lipinski definition) is 14. The zero-order valence-electron chi connectivity index (χ0n) is 25.1. The Morgan fingerprint density at radius 3 is 2.23 bits per heavy atom. The molecule has 0 saturated carbocycles. The summed E-state index contributed by atoms with van der Waals surface area (Å²) < 4.78 is 40.3. The summed E-state index contributed by atoms with van der Waals surface area (Å²) in [6.07, 6.45) is -7.56. The molecule has 2 aliphatic rings. The Labute approximate surface area is 264 Å². The van der Waals surface area contributed by atoms with Gasteiger partial charge in [0.2, 0.25) is 6.29 Å². The van der Waals surface area contributed by atoms with Crippen molar-refractivity contribution >= 4 is 43.5 Å². The van der Waals surface area contributed by atoms with E-state index >= 15 is 0 Å². The first-order chi connectivity index (χ1) is 22.4. The van der Waals surface area contributed by atoms with E-state index in [1.54, 1.807) is 6.92 Å². The van der Waals surface area contributed by atoms with E-state index < -0.39 is 78.4 Å².